The lowest BCUT2D eigenvalue weighted by atomic mass is 9.51. The Morgan fingerprint density at radius 3 is 2.33 bits per heavy atom. The molecular weight excluding hydrogens is 328 g/mol. The van der Waals surface area contributed by atoms with E-state index in [9.17, 15) is 4.79 Å². The van der Waals surface area contributed by atoms with E-state index in [1.54, 1.807) is 0 Å². The number of nitrogen functional groups attached to an aromatic ring is 1. The minimum Gasteiger partial charge on any atom is -0.399 e. The molecule has 3 nitrogen and oxygen atoms in total. The van der Waals surface area contributed by atoms with Gasteiger partial charge in [-0.15, -0.1) is 0 Å². The van der Waals surface area contributed by atoms with Crippen molar-refractivity contribution in [3.8, 4) is 0 Å². The largest absolute Gasteiger partial charge is 0.399 e. The number of halogens is 1. The van der Waals surface area contributed by atoms with Gasteiger partial charge in [0.1, 0.15) is 0 Å². The minimum absolute atomic E-state index is 0.204. The van der Waals surface area contributed by atoms with Gasteiger partial charge in [0.2, 0.25) is 5.91 Å². The van der Waals surface area contributed by atoms with Gasteiger partial charge in [-0.1, -0.05) is 0 Å². The number of amides is 1. The van der Waals surface area contributed by atoms with Gasteiger partial charge in [0.15, 0.2) is 0 Å². The monoisotopic (exact) mass is 348 g/mol. The molecule has 0 radical (unpaired) electrons. The van der Waals surface area contributed by atoms with E-state index in [0.717, 1.165) is 22.0 Å². The summed E-state index contributed by atoms with van der Waals surface area (Å²) in [5.41, 5.74) is 7.30. The molecule has 4 saturated carbocycles. The van der Waals surface area contributed by atoms with Crippen LogP contribution in [0.2, 0.25) is 0 Å². The first-order valence-corrected chi connectivity index (χ1v) is 8.75. The van der Waals surface area contributed by atoms with Gasteiger partial charge < -0.3 is 11.1 Å². The molecule has 4 heteroatoms. The summed E-state index contributed by atoms with van der Waals surface area (Å²) in [6.45, 7) is 0. The lowest BCUT2D eigenvalue weighted by molar-refractivity contribution is -0.132. The summed E-state index contributed by atoms with van der Waals surface area (Å²) >= 11 is 3.49. The van der Waals surface area contributed by atoms with E-state index in [-0.39, 0.29) is 11.8 Å². The van der Waals surface area contributed by atoms with E-state index >= 15 is 0 Å². The fraction of sp³-hybridized carbons (Fsp3) is 0.588. The molecule has 21 heavy (non-hydrogen) atoms. The molecule has 112 valence electrons. The predicted octanol–water partition coefficient (Wildman–Crippen LogP) is 4.04. The average Bonchev–Trinajstić information content (AvgIpc) is 2.41. The molecule has 0 saturated heterocycles. The lowest BCUT2D eigenvalue weighted by Crippen LogP contribution is -2.49. The van der Waals surface area contributed by atoms with Crippen LogP contribution in [0.3, 0.4) is 0 Å². The Kier molecular flexibility index (Phi) is 3.25. The summed E-state index contributed by atoms with van der Waals surface area (Å²) < 4.78 is 0.897. The van der Waals surface area contributed by atoms with Crippen LogP contribution in [0.4, 0.5) is 11.4 Å². The zero-order chi connectivity index (χ0) is 14.6. The maximum Gasteiger partial charge on any atom is 0.228 e. The molecule has 4 fully saturated rings. The second kappa shape index (κ2) is 5.01. The van der Waals surface area contributed by atoms with Gasteiger partial charge in [0, 0.05) is 16.1 Å². The Hall–Kier alpha value is -1.03. The molecule has 4 aliphatic rings. The summed E-state index contributed by atoms with van der Waals surface area (Å²) in [6, 6.07) is 5.56. The van der Waals surface area contributed by atoms with Crippen LogP contribution in [0.15, 0.2) is 22.7 Å². The van der Waals surface area contributed by atoms with E-state index < -0.39 is 0 Å². The molecule has 0 aliphatic heterocycles. The number of carbonyl (C=O) groups is 1. The predicted molar refractivity (Wildman–Crippen MR) is 87.7 cm³/mol. The maximum absolute atomic E-state index is 12.8. The zero-order valence-corrected chi connectivity index (χ0v) is 13.6. The standard InChI is InChI=1S/C17H21BrN2O/c18-14-2-1-13(19)8-15(14)20-17(21)16-11-4-9-3-10(6-11)7-12(16)5-9/h1-2,8-12,16H,3-7,19H2,(H,20,21). The topological polar surface area (TPSA) is 55.1 Å². The maximum atomic E-state index is 12.8. The van der Waals surface area contributed by atoms with Crippen LogP contribution < -0.4 is 11.1 Å². The summed E-state index contributed by atoms with van der Waals surface area (Å²) in [7, 11) is 0. The quantitative estimate of drug-likeness (QED) is 0.792. The Morgan fingerprint density at radius 1 is 1.10 bits per heavy atom. The van der Waals surface area contributed by atoms with Crippen LogP contribution in [-0.2, 0) is 4.79 Å². The van der Waals surface area contributed by atoms with Crippen LogP contribution in [0, 0.1) is 29.6 Å². The molecule has 4 aliphatic carbocycles. The van der Waals surface area contributed by atoms with Crippen molar-refractivity contribution < 1.29 is 4.79 Å². The molecule has 0 aromatic heterocycles. The number of carbonyl (C=O) groups excluding carboxylic acids is 1. The van der Waals surface area contributed by atoms with Crippen molar-refractivity contribution >= 4 is 33.2 Å². The van der Waals surface area contributed by atoms with Crippen molar-refractivity contribution in [2.45, 2.75) is 32.1 Å². The molecule has 0 heterocycles. The lowest BCUT2D eigenvalue weighted by Gasteiger charge is -2.53. The molecule has 1 aromatic rings. The van der Waals surface area contributed by atoms with Gasteiger partial charge in [0.05, 0.1) is 5.69 Å². The Balaban J connectivity index is 1.54. The van der Waals surface area contributed by atoms with E-state index in [1.807, 2.05) is 18.2 Å². The minimum atomic E-state index is 0.204. The van der Waals surface area contributed by atoms with Gasteiger partial charge in [-0.05, 0) is 89.9 Å². The number of nitrogens with two attached hydrogens (primary N) is 1. The highest BCUT2D eigenvalue weighted by Crippen LogP contribution is 2.56. The van der Waals surface area contributed by atoms with Gasteiger partial charge in [-0.3, -0.25) is 4.79 Å². The molecule has 5 rings (SSSR count). The number of hydrogen-bond donors (Lipinski definition) is 2. The van der Waals surface area contributed by atoms with Gasteiger partial charge in [-0.2, -0.15) is 0 Å². The first kappa shape index (κ1) is 13.6. The van der Waals surface area contributed by atoms with Gasteiger partial charge in [-0.25, -0.2) is 0 Å². The smallest absolute Gasteiger partial charge is 0.228 e. The van der Waals surface area contributed by atoms with E-state index in [1.165, 1.54) is 32.1 Å². The van der Waals surface area contributed by atoms with Gasteiger partial charge in [0.25, 0.3) is 0 Å². The first-order chi connectivity index (χ1) is 10.1. The average molecular weight is 349 g/mol. The second-order valence-corrected chi connectivity index (χ2v) is 8.04. The third-order valence-electron chi connectivity index (χ3n) is 5.78. The highest BCUT2D eigenvalue weighted by molar-refractivity contribution is 9.10. The summed E-state index contributed by atoms with van der Waals surface area (Å²) in [5, 5.41) is 3.11. The fourth-order valence-electron chi connectivity index (χ4n) is 5.21. The third-order valence-corrected chi connectivity index (χ3v) is 6.47. The van der Waals surface area contributed by atoms with Gasteiger partial charge >= 0.3 is 0 Å². The number of anilines is 2. The molecule has 0 atom stereocenters. The molecule has 0 spiro atoms. The van der Waals surface area contributed by atoms with Crippen molar-refractivity contribution in [3.63, 3.8) is 0 Å². The highest BCUT2D eigenvalue weighted by Gasteiger charge is 2.50. The fourth-order valence-corrected chi connectivity index (χ4v) is 5.55. The number of nitrogens with one attached hydrogen (secondary N) is 1. The van der Waals surface area contributed by atoms with E-state index in [0.29, 0.717) is 17.5 Å². The summed E-state index contributed by atoms with van der Waals surface area (Å²) in [4.78, 5) is 12.8. The number of benzene rings is 1. The van der Waals surface area contributed by atoms with Crippen molar-refractivity contribution in [3.05, 3.63) is 22.7 Å². The van der Waals surface area contributed by atoms with E-state index in [4.69, 9.17) is 5.73 Å². The second-order valence-electron chi connectivity index (χ2n) is 7.19. The van der Waals surface area contributed by atoms with Crippen molar-refractivity contribution in [2.75, 3.05) is 11.1 Å². The van der Waals surface area contributed by atoms with Crippen molar-refractivity contribution in [1.82, 2.24) is 0 Å². The van der Waals surface area contributed by atoms with Crippen molar-refractivity contribution in [1.29, 1.82) is 0 Å². The van der Waals surface area contributed by atoms with E-state index in [2.05, 4.69) is 21.2 Å². The SMILES string of the molecule is Nc1ccc(Br)c(NC(=O)C2C3CC4CC(C3)CC2C4)c1. The molecular formula is C17H21BrN2O. The molecule has 1 amide bonds. The first-order valence-electron chi connectivity index (χ1n) is 7.96. The normalized spacial score (nSPS) is 36.7. The zero-order valence-electron chi connectivity index (χ0n) is 12.0. The molecule has 0 unspecified atom stereocenters. The Labute approximate surface area is 133 Å². The number of rotatable bonds is 2. The van der Waals surface area contributed by atoms with Crippen LogP contribution in [0.1, 0.15) is 32.1 Å². The highest BCUT2D eigenvalue weighted by atomic mass is 79.9. The van der Waals surface area contributed by atoms with Crippen LogP contribution in [0.25, 0.3) is 0 Å². The van der Waals surface area contributed by atoms with Crippen molar-refractivity contribution in [2.24, 2.45) is 29.6 Å². The third kappa shape index (κ3) is 2.37. The molecule has 1 aromatic carbocycles. The Bertz CT molecular complexity index is 558. The van der Waals surface area contributed by atoms with Crippen LogP contribution in [0.5, 0.6) is 0 Å². The summed E-state index contributed by atoms with van der Waals surface area (Å²) in [5.74, 6) is 3.44. The molecule has 4 bridgehead atoms. The molecule has 3 N–H and O–H groups in total. The Morgan fingerprint density at radius 2 is 1.71 bits per heavy atom. The van der Waals surface area contributed by atoms with Crippen LogP contribution >= 0.6 is 15.9 Å². The summed E-state index contributed by atoms with van der Waals surface area (Å²) in [6.07, 6.45) is 6.49. The number of hydrogen-bond acceptors (Lipinski definition) is 2. The van der Waals surface area contributed by atoms with Crippen LogP contribution in [-0.4, -0.2) is 5.91 Å².